The smallest absolute Gasteiger partial charge is 0.329 e. The number of aryl methyl sites for hydroxylation is 1. The number of hydrogen-bond donors (Lipinski definition) is 3. The Bertz CT molecular complexity index is 522. The first-order valence-electron chi connectivity index (χ1n) is 5.59. The van der Waals surface area contributed by atoms with Gasteiger partial charge in [-0.3, -0.25) is 10.2 Å². The summed E-state index contributed by atoms with van der Waals surface area (Å²) >= 11 is 3.40. The molecule has 0 radical (unpaired) electrons. The maximum atomic E-state index is 10.5. The highest BCUT2D eigenvalue weighted by Gasteiger charge is 2.05. The first-order valence-corrected chi connectivity index (χ1v) is 6.38. The van der Waals surface area contributed by atoms with Crippen LogP contribution in [0.15, 0.2) is 21.7 Å². The highest BCUT2D eigenvalue weighted by molar-refractivity contribution is 9.10. The fourth-order valence-corrected chi connectivity index (χ4v) is 2.15. The summed E-state index contributed by atoms with van der Waals surface area (Å²) in [4.78, 5) is 14.9. The highest BCUT2D eigenvalue weighted by Crippen LogP contribution is 2.29. The summed E-state index contributed by atoms with van der Waals surface area (Å²) in [6.07, 6.45) is 1.53. The van der Waals surface area contributed by atoms with E-state index in [9.17, 15) is 4.79 Å². The molecule has 7 nitrogen and oxygen atoms in total. The quantitative estimate of drug-likeness (QED) is 0.441. The Labute approximate surface area is 124 Å². The maximum absolute atomic E-state index is 10.5. The van der Waals surface area contributed by atoms with Crippen molar-refractivity contribution in [3.63, 3.8) is 0 Å². The molecule has 0 aliphatic carbocycles. The molecule has 0 saturated carbocycles. The number of carbonyl (C=O) groups excluding carboxylic acids is 1. The summed E-state index contributed by atoms with van der Waals surface area (Å²) in [6, 6.07) is 3.72. The normalized spacial score (nSPS) is 10.2. The molecule has 0 heterocycles. The average molecular weight is 343 g/mol. The fourth-order valence-electron chi connectivity index (χ4n) is 1.41. The minimum absolute atomic E-state index is 0.249. The van der Waals surface area contributed by atoms with E-state index in [4.69, 9.17) is 10.1 Å². The second-order valence-corrected chi connectivity index (χ2v) is 4.65. The summed E-state index contributed by atoms with van der Waals surface area (Å²) in [5.41, 5.74) is 6.24. The number of ether oxygens (including phenoxy) is 1. The van der Waals surface area contributed by atoms with Gasteiger partial charge in [0.25, 0.3) is 0 Å². The molecule has 0 bridgehead atoms. The number of methoxy groups -OCH3 is 1. The van der Waals surface area contributed by atoms with Gasteiger partial charge in [0.1, 0.15) is 5.75 Å². The second-order valence-electron chi connectivity index (χ2n) is 3.79. The van der Waals surface area contributed by atoms with Crippen LogP contribution in [0.5, 0.6) is 5.75 Å². The minimum atomic E-state index is -0.546. The van der Waals surface area contributed by atoms with Gasteiger partial charge in [0.05, 0.1) is 17.8 Å². The molecule has 1 rings (SSSR count). The number of nitrogens with zero attached hydrogens (tertiary/aromatic N) is 1. The van der Waals surface area contributed by atoms with Crippen LogP contribution in [0.3, 0.4) is 0 Å². The van der Waals surface area contributed by atoms with Crippen molar-refractivity contribution < 1.29 is 14.4 Å². The number of rotatable bonds is 3. The lowest BCUT2D eigenvalue weighted by Crippen LogP contribution is -2.34. The van der Waals surface area contributed by atoms with Gasteiger partial charge in [0, 0.05) is 6.92 Å². The molecule has 0 atom stereocenters. The zero-order valence-corrected chi connectivity index (χ0v) is 12.9. The van der Waals surface area contributed by atoms with Gasteiger partial charge in [-0.1, -0.05) is 0 Å². The number of hydroxylamine groups is 1. The summed E-state index contributed by atoms with van der Waals surface area (Å²) in [7, 11) is 1.60. The van der Waals surface area contributed by atoms with Crippen molar-refractivity contribution in [2.45, 2.75) is 13.8 Å². The van der Waals surface area contributed by atoms with Gasteiger partial charge >= 0.3 is 5.97 Å². The first-order chi connectivity index (χ1) is 9.43. The van der Waals surface area contributed by atoms with Crippen LogP contribution < -0.4 is 15.6 Å². The van der Waals surface area contributed by atoms with Gasteiger partial charge < -0.3 is 9.57 Å². The Hall–Kier alpha value is -2.09. The average Bonchev–Trinajstić information content (AvgIpc) is 2.36. The molecule has 0 amide bonds. The Morgan fingerprint density at radius 3 is 2.75 bits per heavy atom. The second kappa shape index (κ2) is 7.49. The third kappa shape index (κ3) is 4.88. The van der Waals surface area contributed by atoms with Gasteiger partial charge in [0.2, 0.25) is 5.96 Å². The number of hydrogen-bond acceptors (Lipinski definition) is 5. The summed E-state index contributed by atoms with van der Waals surface area (Å²) in [6.45, 7) is 3.14. The largest absolute Gasteiger partial charge is 0.495 e. The molecule has 0 aliphatic heterocycles. The molecular weight excluding hydrogens is 328 g/mol. The van der Waals surface area contributed by atoms with Crippen molar-refractivity contribution in [3.8, 4) is 5.75 Å². The van der Waals surface area contributed by atoms with Crippen molar-refractivity contribution in [1.29, 1.82) is 5.41 Å². The van der Waals surface area contributed by atoms with E-state index in [0.717, 1.165) is 21.3 Å². The molecule has 20 heavy (non-hydrogen) atoms. The van der Waals surface area contributed by atoms with E-state index in [1.54, 1.807) is 7.11 Å². The SMILES string of the molecule is COc1c(C)cc(C=NNC(=N)NOC(C)=O)cc1Br. The Morgan fingerprint density at radius 1 is 1.50 bits per heavy atom. The van der Waals surface area contributed by atoms with Crippen molar-refractivity contribution in [1.82, 2.24) is 10.9 Å². The number of benzene rings is 1. The van der Waals surface area contributed by atoms with Gasteiger partial charge in [-0.05, 0) is 46.1 Å². The van der Waals surface area contributed by atoms with Crippen LogP contribution >= 0.6 is 15.9 Å². The highest BCUT2D eigenvalue weighted by atomic mass is 79.9. The number of halogens is 1. The summed E-state index contributed by atoms with van der Waals surface area (Å²) < 4.78 is 6.04. The van der Waals surface area contributed by atoms with E-state index in [-0.39, 0.29) is 5.96 Å². The van der Waals surface area contributed by atoms with Crippen LogP contribution in [0.4, 0.5) is 0 Å². The predicted molar refractivity (Wildman–Crippen MR) is 78.8 cm³/mol. The van der Waals surface area contributed by atoms with Crippen LogP contribution in [0.1, 0.15) is 18.1 Å². The van der Waals surface area contributed by atoms with Crippen molar-refractivity contribution in [2.75, 3.05) is 7.11 Å². The monoisotopic (exact) mass is 342 g/mol. The van der Waals surface area contributed by atoms with E-state index in [0.29, 0.717) is 0 Å². The van der Waals surface area contributed by atoms with Crippen molar-refractivity contribution in [2.24, 2.45) is 5.10 Å². The zero-order chi connectivity index (χ0) is 15.1. The number of carbonyl (C=O) groups is 1. The number of guanidine groups is 1. The van der Waals surface area contributed by atoms with E-state index < -0.39 is 5.97 Å². The topological polar surface area (TPSA) is 95.8 Å². The van der Waals surface area contributed by atoms with E-state index in [2.05, 4.69) is 36.8 Å². The molecular formula is C12H15BrN4O3. The standard InChI is InChI=1S/C12H15BrN4O3/c1-7-4-9(5-10(13)11(7)19-3)6-15-16-12(14)17-20-8(2)18/h4-6H,1-3H3,(H3,14,16,17). The molecule has 1 aromatic rings. The van der Waals surface area contributed by atoms with E-state index >= 15 is 0 Å². The summed E-state index contributed by atoms with van der Waals surface area (Å²) in [5.74, 6) is -0.0321. The Kier molecular flexibility index (Phi) is 5.98. The molecule has 0 fully saturated rings. The van der Waals surface area contributed by atoms with Crippen molar-refractivity contribution in [3.05, 3.63) is 27.7 Å². The molecule has 0 spiro atoms. The van der Waals surface area contributed by atoms with E-state index in [1.165, 1.54) is 13.1 Å². The lowest BCUT2D eigenvalue weighted by atomic mass is 10.1. The van der Waals surface area contributed by atoms with Gasteiger partial charge in [0.15, 0.2) is 0 Å². The number of hydrazone groups is 1. The van der Waals surface area contributed by atoms with Crippen LogP contribution in [0.2, 0.25) is 0 Å². The van der Waals surface area contributed by atoms with Gasteiger partial charge in [-0.2, -0.15) is 10.6 Å². The van der Waals surface area contributed by atoms with Crippen molar-refractivity contribution >= 4 is 34.1 Å². The van der Waals surface area contributed by atoms with E-state index in [1.807, 2.05) is 19.1 Å². The Morgan fingerprint density at radius 2 is 2.20 bits per heavy atom. The van der Waals surface area contributed by atoms with Crippen LogP contribution in [0, 0.1) is 12.3 Å². The molecule has 3 N–H and O–H groups in total. The van der Waals surface area contributed by atoms with Crippen LogP contribution in [0.25, 0.3) is 0 Å². The maximum Gasteiger partial charge on any atom is 0.329 e. The molecule has 0 unspecified atom stereocenters. The minimum Gasteiger partial charge on any atom is -0.495 e. The molecule has 0 aromatic heterocycles. The number of nitrogens with one attached hydrogen (secondary N) is 3. The third-order valence-corrected chi connectivity index (χ3v) is 2.73. The molecule has 1 aromatic carbocycles. The molecule has 8 heteroatoms. The third-order valence-electron chi connectivity index (χ3n) is 2.14. The Balaban J connectivity index is 2.63. The summed E-state index contributed by atoms with van der Waals surface area (Å²) in [5, 5.41) is 11.2. The van der Waals surface area contributed by atoms with Crippen LogP contribution in [-0.4, -0.2) is 25.3 Å². The van der Waals surface area contributed by atoms with Gasteiger partial charge in [-0.25, -0.2) is 5.43 Å². The molecule has 0 saturated heterocycles. The van der Waals surface area contributed by atoms with Gasteiger partial charge in [-0.15, -0.1) is 0 Å². The molecule has 0 aliphatic rings. The lowest BCUT2D eigenvalue weighted by Gasteiger charge is -2.08. The molecule has 108 valence electrons. The fraction of sp³-hybridized carbons (Fsp3) is 0.250. The predicted octanol–water partition coefficient (Wildman–Crippen LogP) is 1.69. The van der Waals surface area contributed by atoms with Crippen LogP contribution in [-0.2, 0) is 9.63 Å². The zero-order valence-electron chi connectivity index (χ0n) is 11.3. The lowest BCUT2D eigenvalue weighted by molar-refractivity contribution is -0.145. The first kappa shape index (κ1) is 16.0.